The Labute approximate surface area is 238 Å². The number of ketones is 1. The largest absolute Gasteiger partial charge is 0.493 e. The zero-order valence-electron chi connectivity index (χ0n) is 22.3. The zero-order valence-corrected chi connectivity index (χ0v) is 23.1. The van der Waals surface area contributed by atoms with Crippen molar-refractivity contribution in [2.45, 2.75) is 18.9 Å². The number of nitrogen functional groups attached to an aromatic ring is 2. The number of fused-ring (bicyclic) bond motifs is 1. The minimum atomic E-state index is -0.216. The van der Waals surface area contributed by atoms with E-state index >= 15 is 0 Å². The van der Waals surface area contributed by atoms with E-state index in [1.807, 2.05) is 42.6 Å². The molecule has 1 aromatic heterocycles. The fourth-order valence-electron chi connectivity index (χ4n) is 5.11. The van der Waals surface area contributed by atoms with Crippen LogP contribution in [0.4, 0.5) is 11.8 Å². The van der Waals surface area contributed by atoms with E-state index in [9.17, 15) is 4.79 Å². The molecule has 204 valence electrons. The average molecular weight is 556 g/mol. The van der Waals surface area contributed by atoms with Crippen LogP contribution in [0.3, 0.4) is 0 Å². The van der Waals surface area contributed by atoms with Gasteiger partial charge in [0.2, 0.25) is 5.95 Å². The number of hydrogen-bond acceptors (Lipinski definition) is 8. The highest BCUT2D eigenvalue weighted by atomic mass is 35.5. The summed E-state index contributed by atoms with van der Waals surface area (Å²) in [6.45, 7) is 0.755. The van der Waals surface area contributed by atoms with Crippen molar-refractivity contribution < 1.29 is 14.3 Å². The zero-order chi connectivity index (χ0) is 28.2. The molecule has 40 heavy (non-hydrogen) atoms. The van der Waals surface area contributed by atoms with Crippen LogP contribution in [0.25, 0.3) is 0 Å². The molecule has 5 rings (SSSR count). The number of rotatable bonds is 8. The highest BCUT2D eigenvalue weighted by Crippen LogP contribution is 2.37. The van der Waals surface area contributed by atoms with Crippen LogP contribution in [0.15, 0.2) is 79.1 Å². The van der Waals surface area contributed by atoms with Gasteiger partial charge in [-0.15, -0.1) is 0 Å². The van der Waals surface area contributed by atoms with Crippen molar-refractivity contribution in [2.24, 2.45) is 0 Å². The Morgan fingerprint density at radius 3 is 2.60 bits per heavy atom. The van der Waals surface area contributed by atoms with Crippen molar-refractivity contribution in [3.05, 3.63) is 118 Å². The summed E-state index contributed by atoms with van der Waals surface area (Å²) < 4.78 is 11.2. The first-order valence-corrected chi connectivity index (χ1v) is 13.2. The molecule has 9 heteroatoms. The van der Waals surface area contributed by atoms with Crippen molar-refractivity contribution in [3.8, 4) is 11.5 Å². The van der Waals surface area contributed by atoms with Crippen LogP contribution in [0.2, 0.25) is 5.02 Å². The Balaban J connectivity index is 1.48. The van der Waals surface area contributed by atoms with E-state index in [4.69, 9.17) is 32.5 Å². The standard InChI is InChI=1S/C31H30ClN5O3/c1-39-27-17-19(15-22-18-35-31(34)36-30(22)33)16-25(29(27)40-2)26(38)12-14-37-13-11-20-5-3-4-6-24(20)28(37)21-7-9-23(32)10-8-21/h3-10,12,14,16-18,28H,11,13,15H2,1-2H3,(H4,33,34,35,36)/b14-12+. The molecule has 0 aliphatic carbocycles. The van der Waals surface area contributed by atoms with Crippen LogP contribution in [0.5, 0.6) is 11.5 Å². The Kier molecular flexibility index (Phi) is 7.89. The Morgan fingerprint density at radius 1 is 1.10 bits per heavy atom. The number of benzene rings is 3. The molecule has 8 nitrogen and oxygen atoms in total. The lowest BCUT2D eigenvalue weighted by molar-refractivity contribution is 0.104. The third-order valence-corrected chi connectivity index (χ3v) is 7.29. The lowest BCUT2D eigenvalue weighted by atomic mass is 9.88. The van der Waals surface area contributed by atoms with Crippen molar-refractivity contribution in [3.63, 3.8) is 0 Å². The van der Waals surface area contributed by atoms with E-state index in [2.05, 4.69) is 33.1 Å². The molecule has 1 aliphatic rings. The molecule has 0 bridgehead atoms. The fourth-order valence-corrected chi connectivity index (χ4v) is 5.24. The van der Waals surface area contributed by atoms with Gasteiger partial charge in [0.1, 0.15) is 5.82 Å². The minimum absolute atomic E-state index is 0.0532. The summed E-state index contributed by atoms with van der Waals surface area (Å²) in [5, 5.41) is 0.679. The SMILES string of the molecule is COc1cc(Cc2cnc(N)nc2N)cc(C(=O)/C=C/N2CCc3ccccc3C2c2ccc(Cl)cc2)c1OC. The predicted molar refractivity (Wildman–Crippen MR) is 157 cm³/mol. The van der Waals surface area contributed by atoms with Gasteiger partial charge in [-0.3, -0.25) is 4.79 Å². The van der Waals surface area contributed by atoms with Gasteiger partial charge in [0.15, 0.2) is 17.3 Å². The smallest absolute Gasteiger partial charge is 0.221 e. The quantitative estimate of drug-likeness (QED) is 0.224. The minimum Gasteiger partial charge on any atom is -0.493 e. The summed E-state index contributed by atoms with van der Waals surface area (Å²) in [4.78, 5) is 23.9. The summed E-state index contributed by atoms with van der Waals surface area (Å²) in [7, 11) is 3.05. The van der Waals surface area contributed by atoms with Gasteiger partial charge in [-0.05, 0) is 52.9 Å². The lowest BCUT2D eigenvalue weighted by Gasteiger charge is -2.37. The lowest BCUT2D eigenvalue weighted by Crippen LogP contribution is -2.32. The number of halogens is 1. The molecule has 0 fully saturated rings. The molecule has 0 amide bonds. The van der Waals surface area contributed by atoms with Crippen LogP contribution in [0, 0.1) is 0 Å². The summed E-state index contributed by atoms with van der Waals surface area (Å²) >= 11 is 6.18. The van der Waals surface area contributed by atoms with Crippen molar-refractivity contribution in [1.82, 2.24) is 14.9 Å². The molecular formula is C31H30ClN5O3. The summed E-state index contributed by atoms with van der Waals surface area (Å²) in [5.41, 5.74) is 17.1. The molecule has 0 saturated carbocycles. The van der Waals surface area contributed by atoms with E-state index in [1.54, 1.807) is 18.3 Å². The highest BCUT2D eigenvalue weighted by Gasteiger charge is 2.27. The third kappa shape index (κ3) is 5.58. The Morgan fingerprint density at radius 2 is 1.88 bits per heavy atom. The van der Waals surface area contributed by atoms with Gasteiger partial charge in [0, 0.05) is 42.0 Å². The van der Waals surface area contributed by atoms with Crippen LogP contribution in [-0.2, 0) is 12.8 Å². The topological polar surface area (TPSA) is 117 Å². The van der Waals surface area contributed by atoms with Gasteiger partial charge < -0.3 is 25.8 Å². The van der Waals surface area contributed by atoms with Crippen LogP contribution < -0.4 is 20.9 Å². The second-order valence-electron chi connectivity index (χ2n) is 9.52. The monoisotopic (exact) mass is 555 g/mol. The molecule has 4 N–H and O–H groups in total. The van der Waals surface area contributed by atoms with Crippen LogP contribution in [-0.4, -0.2) is 41.4 Å². The van der Waals surface area contributed by atoms with Gasteiger partial charge >= 0.3 is 0 Å². The maximum atomic E-state index is 13.7. The second-order valence-corrected chi connectivity index (χ2v) is 9.95. The van der Waals surface area contributed by atoms with E-state index in [1.165, 1.54) is 25.3 Å². The number of anilines is 2. The van der Waals surface area contributed by atoms with Crippen LogP contribution >= 0.6 is 11.6 Å². The number of carbonyl (C=O) groups excluding carboxylic acids is 1. The van der Waals surface area contributed by atoms with Gasteiger partial charge in [0.25, 0.3) is 0 Å². The molecule has 1 unspecified atom stereocenters. The van der Waals surface area contributed by atoms with E-state index in [0.29, 0.717) is 34.1 Å². The van der Waals surface area contributed by atoms with Crippen molar-refractivity contribution in [2.75, 3.05) is 32.2 Å². The summed E-state index contributed by atoms with van der Waals surface area (Å²) in [6.07, 6.45) is 6.29. The number of carbonyl (C=O) groups is 1. The van der Waals surface area contributed by atoms with E-state index < -0.39 is 0 Å². The first-order chi connectivity index (χ1) is 19.4. The summed E-state index contributed by atoms with van der Waals surface area (Å²) in [6, 6.07) is 19.8. The van der Waals surface area contributed by atoms with Crippen molar-refractivity contribution in [1.29, 1.82) is 0 Å². The number of ether oxygens (including phenoxy) is 2. The number of nitrogens with zero attached hydrogens (tertiary/aromatic N) is 3. The van der Waals surface area contributed by atoms with Gasteiger partial charge in [-0.25, -0.2) is 4.98 Å². The maximum absolute atomic E-state index is 13.7. The molecule has 1 aliphatic heterocycles. The molecule has 3 aromatic carbocycles. The van der Waals surface area contributed by atoms with Gasteiger partial charge in [0.05, 0.1) is 25.8 Å². The third-order valence-electron chi connectivity index (χ3n) is 7.04. The predicted octanol–water partition coefficient (Wildman–Crippen LogP) is 5.25. The van der Waals surface area contributed by atoms with Crippen LogP contribution in [0.1, 0.15) is 44.2 Å². The van der Waals surface area contributed by atoms with Gasteiger partial charge in [-0.2, -0.15) is 4.98 Å². The number of nitrogens with two attached hydrogens (primary N) is 2. The summed E-state index contributed by atoms with van der Waals surface area (Å²) in [5.74, 6) is 0.978. The maximum Gasteiger partial charge on any atom is 0.221 e. The number of methoxy groups -OCH3 is 2. The Hall–Kier alpha value is -4.56. The molecule has 0 saturated heterocycles. The average Bonchev–Trinajstić information content (AvgIpc) is 2.97. The number of aromatic nitrogens is 2. The number of hydrogen-bond donors (Lipinski definition) is 2. The molecule has 4 aromatic rings. The molecular weight excluding hydrogens is 526 g/mol. The number of allylic oxidation sites excluding steroid dienone is 1. The Bertz CT molecular complexity index is 1570. The molecule has 2 heterocycles. The first-order valence-electron chi connectivity index (χ1n) is 12.8. The fraction of sp³-hybridized carbons (Fsp3) is 0.194. The first kappa shape index (κ1) is 27.0. The molecule has 0 spiro atoms. The molecule has 1 atom stereocenters. The van der Waals surface area contributed by atoms with E-state index in [-0.39, 0.29) is 23.6 Å². The van der Waals surface area contributed by atoms with Crippen molar-refractivity contribution >= 4 is 29.2 Å². The second kappa shape index (κ2) is 11.7. The van der Waals surface area contributed by atoms with E-state index in [0.717, 1.165) is 24.1 Å². The highest BCUT2D eigenvalue weighted by molar-refractivity contribution is 6.30. The molecule has 0 radical (unpaired) electrons. The normalized spacial score (nSPS) is 14.7. The van der Waals surface area contributed by atoms with Gasteiger partial charge in [-0.1, -0.05) is 48.0 Å².